The van der Waals surface area contributed by atoms with Crippen LogP contribution in [0.25, 0.3) is 0 Å². The molecule has 0 saturated carbocycles. The Morgan fingerprint density at radius 2 is 2.16 bits per heavy atom. The fraction of sp³-hybridized carbons (Fsp3) is 0.600. The molecule has 5 nitrogen and oxygen atoms in total. The smallest absolute Gasteiger partial charge is 0.338 e. The number of nitrogens with one attached hydrogen (secondary N) is 1. The van der Waals surface area contributed by atoms with E-state index < -0.39 is 0 Å². The monoisotopic (exact) mass is 439 g/mol. The average molecular weight is 440 g/mol. The van der Waals surface area contributed by atoms with E-state index in [2.05, 4.69) is 21.2 Å². The van der Waals surface area contributed by atoms with Crippen molar-refractivity contribution < 1.29 is 9.53 Å². The predicted octanol–water partition coefficient (Wildman–Crippen LogP) is 4.46. The minimum Gasteiger partial charge on any atom is -0.462 e. The number of carbonyl (C=O) groups excluding carboxylic acids is 1. The molecule has 2 bridgehead atoms. The van der Waals surface area contributed by atoms with Crippen molar-refractivity contribution in [2.24, 2.45) is 11.8 Å². The van der Waals surface area contributed by atoms with Crippen LogP contribution in [0.5, 0.6) is 0 Å². The summed E-state index contributed by atoms with van der Waals surface area (Å²) in [6, 6.07) is 8.64. The van der Waals surface area contributed by atoms with E-state index in [4.69, 9.17) is 17.0 Å². The van der Waals surface area contributed by atoms with Crippen LogP contribution in [0.3, 0.4) is 0 Å². The van der Waals surface area contributed by atoms with Gasteiger partial charge in [0.25, 0.3) is 0 Å². The molecule has 1 aromatic carbocycles. The van der Waals surface area contributed by atoms with Crippen molar-refractivity contribution in [2.75, 3.05) is 31.6 Å². The Labute approximate surface area is 190 Å². The first-order valence-corrected chi connectivity index (χ1v) is 12.3. The highest BCUT2D eigenvalue weighted by Crippen LogP contribution is 2.45. The van der Waals surface area contributed by atoms with Crippen LogP contribution in [0, 0.1) is 11.8 Å². The maximum absolute atomic E-state index is 12.1. The molecule has 31 heavy (non-hydrogen) atoms. The molecular formula is C25H33N3O2S. The van der Waals surface area contributed by atoms with Crippen molar-refractivity contribution in [3.63, 3.8) is 0 Å². The van der Waals surface area contributed by atoms with Crippen molar-refractivity contribution in [1.82, 2.24) is 9.80 Å². The summed E-state index contributed by atoms with van der Waals surface area (Å²) in [5, 5.41) is 4.19. The summed E-state index contributed by atoms with van der Waals surface area (Å²) >= 11 is 5.91. The predicted molar refractivity (Wildman–Crippen MR) is 127 cm³/mol. The van der Waals surface area contributed by atoms with Gasteiger partial charge in [0.2, 0.25) is 0 Å². The fourth-order valence-electron chi connectivity index (χ4n) is 6.33. The third-order valence-electron chi connectivity index (χ3n) is 7.54. The van der Waals surface area contributed by atoms with Crippen LogP contribution in [0.2, 0.25) is 0 Å². The van der Waals surface area contributed by atoms with Gasteiger partial charge in [0.1, 0.15) is 0 Å². The minimum atomic E-state index is -0.295. The van der Waals surface area contributed by atoms with Gasteiger partial charge in [-0.2, -0.15) is 0 Å². The molecule has 4 atom stereocenters. The van der Waals surface area contributed by atoms with E-state index in [1.807, 2.05) is 25.1 Å². The lowest BCUT2D eigenvalue weighted by atomic mass is 9.68. The molecule has 166 valence electrons. The number of carbonyl (C=O) groups is 1. The maximum atomic E-state index is 12.1. The summed E-state index contributed by atoms with van der Waals surface area (Å²) in [5.74, 6) is 1.09. The largest absolute Gasteiger partial charge is 0.462 e. The number of hydrogen-bond acceptors (Lipinski definition) is 4. The van der Waals surface area contributed by atoms with Crippen LogP contribution in [0.4, 0.5) is 5.69 Å². The molecule has 1 N–H and O–H groups in total. The summed E-state index contributed by atoms with van der Waals surface area (Å²) in [5.41, 5.74) is 3.01. The number of ether oxygens (including phenoxy) is 1. The van der Waals surface area contributed by atoms with Crippen LogP contribution in [0.1, 0.15) is 55.8 Å². The van der Waals surface area contributed by atoms with Gasteiger partial charge in [0.05, 0.1) is 18.2 Å². The fourth-order valence-corrected chi connectivity index (χ4v) is 6.66. The Bertz CT molecular complexity index is 885. The first-order chi connectivity index (χ1) is 15.1. The molecule has 0 amide bonds. The Kier molecular flexibility index (Phi) is 6.02. The summed E-state index contributed by atoms with van der Waals surface area (Å²) in [7, 11) is 0. The van der Waals surface area contributed by atoms with E-state index in [9.17, 15) is 4.79 Å². The quantitative estimate of drug-likeness (QED) is 0.426. The van der Waals surface area contributed by atoms with Crippen LogP contribution >= 0.6 is 12.2 Å². The van der Waals surface area contributed by atoms with Gasteiger partial charge < -0.3 is 15.0 Å². The number of likely N-dealkylation sites (tertiary alicyclic amines) is 1. The topological polar surface area (TPSA) is 44.8 Å². The number of benzene rings is 1. The number of hydrogen-bond donors (Lipinski definition) is 1. The molecule has 1 aromatic rings. The van der Waals surface area contributed by atoms with Crippen LogP contribution in [-0.4, -0.2) is 59.2 Å². The zero-order chi connectivity index (χ0) is 21.4. The van der Waals surface area contributed by atoms with Gasteiger partial charge in [-0.05, 0) is 87.8 Å². The van der Waals surface area contributed by atoms with E-state index >= 15 is 0 Å². The highest BCUT2D eigenvalue weighted by Gasteiger charge is 2.46. The summed E-state index contributed by atoms with van der Waals surface area (Å²) in [6.07, 6.45) is 10.4. The third-order valence-corrected chi connectivity index (χ3v) is 7.88. The van der Waals surface area contributed by atoms with Crippen molar-refractivity contribution in [3.05, 3.63) is 41.5 Å². The maximum Gasteiger partial charge on any atom is 0.338 e. The molecule has 3 saturated heterocycles. The lowest BCUT2D eigenvalue weighted by Crippen LogP contribution is -2.60. The number of rotatable bonds is 3. The average Bonchev–Trinajstić information content (AvgIpc) is 2.79. The van der Waals surface area contributed by atoms with E-state index in [0.717, 1.165) is 35.7 Å². The number of thiocarbonyl (C=S) groups is 1. The van der Waals surface area contributed by atoms with Crippen LogP contribution in [-0.2, 0) is 4.74 Å². The molecular weight excluding hydrogens is 406 g/mol. The van der Waals surface area contributed by atoms with Crippen molar-refractivity contribution in [1.29, 1.82) is 0 Å². The molecule has 3 fully saturated rings. The zero-order valence-electron chi connectivity index (χ0n) is 18.4. The summed E-state index contributed by atoms with van der Waals surface area (Å²) < 4.78 is 5.14. The second-order valence-electron chi connectivity index (χ2n) is 9.43. The number of piperidine rings is 3. The lowest BCUT2D eigenvalue weighted by Gasteiger charge is -2.55. The summed E-state index contributed by atoms with van der Waals surface area (Å²) in [6.45, 7) is 5.66. The van der Waals surface area contributed by atoms with Gasteiger partial charge in [0, 0.05) is 24.8 Å². The highest BCUT2D eigenvalue weighted by atomic mass is 32.1. The molecule has 1 aliphatic carbocycles. The lowest BCUT2D eigenvalue weighted by molar-refractivity contribution is 0.0132. The van der Waals surface area contributed by atoms with Gasteiger partial charge in [-0.25, -0.2) is 4.79 Å². The van der Waals surface area contributed by atoms with Gasteiger partial charge in [-0.3, -0.25) is 4.90 Å². The van der Waals surface area contributed by atoms with Crippen molar-refractivity contribution >= 4 is 29.0 Å². The van der Waals surface area contributed by atoms with Gasteiger partial charge in [-0.1, -0.05) is 24.1 Å². The van der Waals surface area contributed by atoms with E-state index in [1.165, 1.54) is 45.2 Å². The number of nitrogens with zero attached hydrogens (tertiary/aromatic N) is 2. The summed E-state index contributed by atoms with van der Waals surface area (Å²) in [4.78, 5) is 17.3. The Morgan fingerprint density at radius 1 is 1.26 bits per heavy atom. The first-order valence-electron chi connectivity index (χ1n) is 11.9. The number of esters is 1. The van der Waals surface area contributed by atoms with Crippen molar-refractivity contribution in [3.8, 4) is 0 Å². The second kappa shape index (κ2) is 8.91. The Hall–Kier alpha value is -1.92. The van der Waals surface area contributed by atoms with Gasteiger partial charge in [-0.15, -0.1) is 0 Å². The molecule has 4 aliphatic rings. The van der Waals surface area contributed by atoms with E-state index in [-0.39, 0.29) is 5.97 Å². The molecule has 0 radical (unpaired) electrons. The van der Waals surface area contributed by atoms with E-state index in [0.29, 0.717) is 24.1 Å². The number of anilines is 1. The van der Waals surface area contributed by atoms with Crippen LogP contribution in [0.15, 0.2) is 35.9 Å². The standard InChI is InChI=1S/C25H33N3O2S/c1-2-30-24(29)18-7-5-9-21(15-18)26-25(31)28-12-6-8-17-13-19-14-20(23(17)28)16-27-11-4-3-10-22(19)27/h5,7,9,13,15,19-20,22-23H,2-4,6,8,10-12,14,16H2,1H3,(H,26,31). The SMILES string of the molecule is CCOC(=O)c1cccc(NC(=S)N2CCCC3=CC4CC(CN5CCCCC45)C32)c1. The Balaban J connectivity index is 1.34. The van der Waals surface area contributed by atoms with Crippen LogP contribution < -0.4 is 5.32 Å². The highest BCUT2D eigenvalue weighted by molar-refractivity contribution is 7.80. The molecule has 3 aliphatic heterocycles. The van der Waals surface area contributed by atoms with Gasteiger partial charge in [0.15, 0.2) is 5.11 Å². The van der Waals surface area contributed by atoms with E-state index in [1.54, 1.807) is 11.6 Å². The molecule has 5 rings (SSSR count). The Morgan fingerprint density at radius 3 is 3.03 bits per heavy atom. The molecule has 3 heterocycles. The minimum absolute atomic E-state index is 0.295. The number of fused-ring (bicyclic) bond motifs is 6. The molecule has 4 unspecified atom stereocenters. The normalized spacial score (nSPS) is 30.0. The molecule has 0 spiro atoms. The third kappa shape index (κ3) is 4.12. The molecule has 0 aromatic heterocycles. The first kappa shape index (κ1) is 21.0. The van der Waals surface area contributed by atoms with Crippen molar-refractivity contribution in [2.45, 2.75) is 57.5 Å². The zero-order valence-corrected chi connectivity index (χ0v) is 19.2. The molecule has 6 heteroatoms. The van der Waals surface area contributed by atoms with Gasteiger partial charge >= 0.3 is 5.97 Å². The second-order valence-corrected chi connectivity index (χ2v) is 9.82.